The lowest BCUT2D eigenvalue weighted by Crippen LogP contribution is -2.20. The summed E-state index contributed by atoms with van der Waals surface area (Å²) in [6, 6.07) is 6.59. The van der Waals surface area contributed by atoms with Gasteiger partial charge in [0.05, 0.1) is 7.11 Å². The van der Waals surface area contributed by atoms with E-state index in [0.717, 1.165) is 29.7 Å². The van der Waals surface area contributed by atoms with Gasteiger partial charge in [-0.15, -0.1) is 0 Å². The Morgan fingerprint density at radius 2 is 2.29 bits per heavy atom. The molecule has 1 heterocycles. The number of halogens is 1. The molecule has 1 fully saturated rings. The van der Waals surface area contributed by atoms with Crippen LogP contribution in [0.2, 0.25) is 0 Å². The van der Waals surface area contributed by atoms with Gasteiger partial charge in [0.1, 0.15) is 5.75 Å². The number of rotatable bonds is 3. The van der Waals surface area contributed by atoms with Gasteiger partial charge in [-0.3, -0.25) is 4.90 Å². The van der Waals surface area contributed by atoms with E-state index in [4.69, 9.17) is 10.5 Å². The molecule has 4 heteroatoms. The zero-order valence-electron chi connectivity index (χ0n) is 10.3. The molecule has 3 nitrogen and oxygen atoms in total. The molecule has 1 saturated heterocycles. The lowest BCUT2D eigenvalue weighted by Gasteiger charge is -2.22. The van der Waals surface area contributed by atoms with E-state index in [9.17, 15) is 0 Å². The smallest absolute Gasteiger partial charge is 0.123 e. The molecule has 1 aliphatic rings. The molecule has 0 saturated carbocycles. The molecule has 1 aromatic rings. The molecule has 0 aliphatic carbocycles. The van der Waals surface area contributed by atoms with Crippen molar-refractivity contribution in [3.05, 3.63) is 28.2 Å². The number of ether oxygens (including phenoxy) is 1. The quantitative estimate of drug-likeness (QED) is 0.931. The molecule has 2 N–H and O–H groups in total. The fourth-order valence-electron chi connectivity index (χ4n) is 2.61. The van der Waals surface area contributed by atoms with E-state index < -0.39 is 0 Å². The summed E-state index contributed by atoms with van der Waals surface area (Å²) < 4.78 is 6.55. The lowest BCUT2D eigenvalue weighted by molar-refractivity contribution is 0.303. The van der Waals surface area contributed by atoms with Gasteiger partial charge in [0.25, 0.3) is 0 Å². The Morgan fingerprint density at radius 3 is 2.88 bits per heavy atom. The third-order valence-electron chi connectivity index (χ3n) is 3.52. The fourth-order valence-corrected chi connectivity index (χ4v) is 2.98. The van der Waals surface area contributed by atoms with Crippen molar-refractivity contribution < 1.29 is 4.74 Å². The maximum absolute atomic E-state index is 5.77. The van der Waals surface area contributed by atoms with Crippen LogP contribution in [0.15, 0.2) is 22.7 Å². The largest absolute Gasteiger partial charge is 0.496 e. The molecule has 2 atom stereocenters. The molecule has 2 rings (SSSR count). The first-order valence-corrected chi connectivity index (χ1v) is 6.68. The van der Waals surface area contributed by atoms with Crippen LogP contribution in [0.25, 0.3) is 0 Å². The Labute approximate surface area is 111 Å². The summed E-state index contributed by atoms with van der Waals surface area (Å²) in [5.74, 6) is 1.55. The average Bonchev–Trinajstić information content (AvgIpc) is 2.70. The number of benzene rings is 1. The molecule has 0 aromatic heterocycles. The van der Waals surface area contributed by atoms with Gasteiger partial charge in [0.15, 0.2) is 0 Å². The first-order chi connectivity index (χ1) is 8.15. The number of methoxy groups -OCH3 is 1. The molecule has 17 heavy (non-hydrogen) atoms. The minimum Gasteiger partial charge on any atom is -0.496 e. The SMILES string of the molecule is COc1ccc(Br)cc1C1CC(CN)CN1C. The zero-order chi connectivity index (χ0) is 12.4. The van der Waals surface area contributed by atoms with Crippen molar-refractivity contribution in [1.29, 1.82) is 0 Å². The van der Waals surface area contributed by atoms with Crippen LogP contribution in [0.3, 0.4) is 0 Å². The second kappa shape index (κ2) is 5.38. The van der Waals surface area contributed by atoms with Gasteiger partial charge in [-0.1, -0.05) is 15.9 Å². The van der Waals surface area contributed by atoms with Gasteiger partial charge >= 0.3 is 0 Å². The Morgan fingerprint density at radius 1 is 1.53 bits per heavy atom. The Kier molecular flexibility index (Phi) is 4.07. The molecular formula is C13H19BrN2O. The highest BCUT2D eigenvalue weighted by molar-refractivity contribution is 9.10. The molecule has 94 valence electrons. The Bertz CT molecular complexity index is 397. The first kappa shape index (κ1) is 12.9. The van der Waals surface area contributed by atoms with Gasteiger partial charge in [-0.2, -0.15) is 0 Å². The highest BCUT2D eigenvalue weighted by Gasteiger charge is 2.31. The Balaban J connectivity index is 2.30. The second-order valence-corrected chi connectivity index (χ2v) is 5.59. The van der Waals surface area contributed by atoms with Crippen molar-refractivity contribution in [2.45, 2.75) is 12.5 Å². The van der Waals surface area contributed by atoms with Crippen LogP contribution in [-0.2, 0) is 0 Å². The number of likely N-dealkylation sites (tertiary alicyclic amines) is 1. The van der Waals surface area contributed by atoms with Crippen molar-refractivity contribution in [2.75, 3.05) is 27.2 Å². The summed E-state index contributed by atoms with van der Waals surface area (Å²) in [6.45, 7) is 1.83. The summed E-state index contributed by atoms with van der Waals surface area (Å²) in [7, 11) is 3.88. The molecular weight excluding hydrogens is 280 g/mol. The van der Waals surface area contributed by atoms with E-state index in [2.05, 4.69) is 33.9 Å². The monoisotopic (exact) mass is 298 g/mol. The predicted octanol–water partition coefficient (Wildman–Crippen LogP) is 2.41. The zero-order valence-corrected chi connectivity index (χ0v) is 11.9. The van der Waals surface area contributed by atoms with Gasteiger partial charge in [-0.05, 0) is 44.1 Å². The molecule has 0 radical (unpaired) electrons. The van der Waals surface area contributed by atoms with E-state index in [0.29, 0.717) is 12.0 Å². The number of hydrogen-bond acceptors (Lipinski definition) is 3. The normalized spacial score (nSPS) is 25.2. The molecule has 1 aliphatic heterocycles. The van der Waals surface area contributed by atoms with Crippen LogP contribution in [0.5, 0.6) is 5.75 Å². The third-order valence-corrected chi connectivity index (χ3v) is 4.01. The van der Waals surface area contributed by atoms with Crippen LogP contribution in [0, 0.1) is 5.92 Å². The minimum atomic E-state index is 0.413. The molecule has 0 amide bonds. The molecule has 1 aromatic carbocycles. The van der Waals surface area contributed by atoms with Crippen molar-refractivity contribution in [1.82, 2.24) is 4.90 Å². The standard InChI is InChI=1S/C13H19BrN2O/c1-16-8-9(7-15)5-12(16)11-6-10(14)3-4-13(11)17-2/h3-4,6,9,12H,5,7-8,15H2,1-2H3. The van der Waals surface area contributed by atoms with Crippen LogP contribution in [0.4, 0.5) is 0 Å². The lowest BCUT2D eigenvalue weighted by atomic mass is 9.99. The summed E-state index contributed by atoms with van der Waals surface area (Å²) in [4.78, 5) is 2.36. The van der Waals surface area contributed by atoms with E-state index in [1.165, 1.54) is 5.56 Å². The van der Waals surface area contributed by atoms with Gasteiger partial charge in [0.2, 0.25) is 0 Å². The van der Waals surface area contributed by atoms with Crippen LogP contribution >= 0.6 is 15.9 Å². The van der Waals surface area contributed by atoms with Crippen LogP contribution in [0.1, 0.15) is 18.0 Å². The van der Waals surface area contributed by atoms with E-state index in [1.54, 1.807) is 7.11 Å². The summed E-state index contributed by atoms with van der Waals surface area (Å²) >= 11 is 3.53. The minimum absolute atomic E-state index is 0.413. The Hall–Kier alpha value is -0.580. The molecule has 0 bridgehead atoms. The predicted molar refractivity (Wildman–Crippen MR) is 73.2 cm³/mol. The van der Waals surface area contributed by atoms with E-state index >= 15 is 0 Å². The van der Waals surface area contributed by atoms with Crippen molar-refractivity contribution in [2.24, 2.45) is 11.7 Å². The second-order valence-electron chi connectivity index (χ2n) is 4.68. The van der Waals surface area contributed by atoms with Crippen LogP contribution in [-0.4, -0.2) is 32.1 Å². The van der Waals surface area contributed by atoms with E-state index in [-0.39, 0.29) is 0 Å². The maximum atomic E-state index is 5.77. The fraction of sp³-hybridized carbons (Fsp3) is 0.538. The summed E-state index contributed by atoms with van der Waals surface area (Å²) in [5, 5.41) is 0. The van der Waals surface area contributed by atoms with Gasteiger partial charge in [-0.25, -0.2) is 0 Å². The van der Waals surface area contributed by atoms with E-state index in [1.807, 2.05) is 12.1 Å². The highest BCUT2D eigenvalue weighted by atomic mass is 79.9. The average molecular weight is 299 g/mol. The van der Waals surface area contributed by atoms with Crippen molar-refractivity contribution >= 4 is 15.9 Å². The first-order valence-electron chi connectivity index (χ1n) is 5.89. The molecule has 2 unspecified atom stereocenters. The van der Waals surface area contributed by atoms with Crippen molar-refractivity contribution in [3.8, 4) is 5.75 Å². The molecule has 0 spiro atoms. The topological polar surface area (TPSA) is 38.5 Å². The number of hydrogen-bond donors (Lipinski definition) is 1. The summed E-state index contributed by atoms with van der Waals surface area (Å²) in [6.07, 6.45) is 1.11. The van der Waals surface area contributed by atoms with Gasteiger partial charge < -0.3 is 10.5 Å². The number of nitrogens with two attached hydrogens (primary N) is 1. The van der Waals surface area contributed by atoms with Crippen molar-refractivity contribution in [3.63, 3.8) is 0 Å². The summed E-state index contributed by atoms with van der Waals surface area (Å²) in [5.41, 5.74) is 7.02. The van der Waals surface area contributed by atoms with Crippen LogP contribution < -0.4 is 10.5 Å². The maximum Gasteiger partial charge on any atom is 0.123 e. The van der Waals surface area contributed by atoms with Gasteiger partial charge in [0, 0.05) is 22.6 Å². The highest BCUT2D eigenvalue weighted by Crippen LogP contribution is 2.39. The number of nitrogens with zero attached hydrogens (tertiary/aromatic N) is 1. The third kappa shape index (κ3) is 2.64.